The fourth-order valence-corrected chi connectivity index (χ4v) is 3.13. The quantitative estimate of drug-likeness (QED) is 0.630. The molecule has 0 radical (unpaired) electrons. The van der Waals surface area contributed by atoms with Crippen molar-refractivity contribution in [3.63, 3.8) is 0 Å². The Morgan fingerprint density at radius 1 is 1.12 bits per heavy atom. The summed E-state index contributed by atoms with van der Waals surface area (Å²) in [6.07, 6.45) is 1.61. The predicted molar refractivity (Wildman–Crippen MR) is 108 cm³/mol. The molecule has 2 rings (SSSR count). The number of carbonyl (C=O) groups is 2. The summed E-state index contributed by atoms with van der Waals surface area (Å²) in [6.45, 7) is 3.95. The molecule has 6 heteroatoms. The third kappa shape index (κ3) is 6.40. The lowest BCUT2D eigenvalue weighted by Crippen LogP contribution is -2.25. The van der Waals surface area contributed by atoms with Crippen molar-refractivity contribution in [2.75, 3.05) is 17.6 Å². The van der Waals surface area contributed by atoms with Crippen molar-refractivity contribution in [2.45, 2.75) is 5.75 Å². The standard InChI is InChI=1S/C19H19BrN2O2S/c1-2-11-21-19(24)16-5-3-4-6-17(16)22-18(23)13-25-12-14-7-9-15(20)10-8-14/h2-10H,1,11-13H2,(H,21,24)(H,22,23). The maximum atomic E-state index is 12.2. The van der Waals surface area contributed by atoms with Gasteiger partial charge in [-0.25, -0.2) is 0 Å². The SMILES string of the molecule is C=CCNC(=O)c1ccccc1NC(=O)CSCc1ccc(Br)cc1. The van der Waals surface area contributed by atoms with Crippen LogP contribution in [-0.4, -0.2) is 24.1 Å². The molecule has 0 atom stereocenters. The summed E-state index contributed by atoms with van der Waals surface area (Å²) < 4.78 is 1.03. The third-order valence-corrected chi connectivity index (χ3v) is 4.80. The summed E-state index contributed by atoms with van der Waals surface area (Å²) in [5, 5.41) is 5.52. The van der Waals surface area contributed by atoms with E-state index in [4.69, 9.17) is 0 Å². The molecule has 2 N–H and O–H groups in total. The number of amides is 2. The largest absolute Gasteiger partial charge is 0.349 e. The van der Waals surface area contributed by atoms with Crippen LogP contribution in [0.1, 0.15) is 15.9 Å². The van der Waals surface area contributed by atoms with E-state index in [1.54, 1.807) is 30.3 Å². The van der Waals surface area contributed by atoms with Crippen LogP contribution in [0.4, 0.5) is 5.69 Å². The van der Waals surface area contributed by atoms with E-state index in [1.807, 2.05) is 24.3 Å². The lowest BCUT2D eigenvalue weighted by atomic mass is 10.1. The van der Waals surface area contributed by atoms with Crippen LogP contribution in [0.3, 0.4) is 0 Å². The van der Waals surface area contributed by atoms with Gasteiger partial charge in [-0.15, -0.1) is 18.3 Å². The van der Waals surface area contributed by atoms with Crippen LogP contribution in [0.5, 0.6) is 0 Å². The van der Waals surface area contributed by atoms with Crippen LogP contribution >= 0.6 is 27.7 Å². The molecule has 0 bridgehead atoms. The van der Waals surface area contributed by atoms with Gasteiger partial charge in [0.2, 0.25) is 5.91 Å². The second-order valence-electron chi connectivity index (χ2n) is 5.21. The lowest BCUT2D eigenvalue weighted by Gasteiger charge is -2.10. The number of hydrogen-bond acceptors (Lipinski definition) is 3. The van der Waals surface area contributed by atoms with Crippen molar-refractivity contribution in [1.29, 1.82) is 0 Å². The van der Waals surface area contributed by atoms with Crippen LogP contribution in [0, 0.1) is 0 Å². The van der Waals surface area contributed by atoms with Crippen molar-refractivity contribution >= 4 is 45.2 Å². The molecule has 4 nitrogen and oxygen atoms in total. The number of para-hydroxylation sites is 1. The first kappa shape index (κ1) is 19.3. The Kier molecular flexibility index (Phi) is 7.76. The molecule has 0 unspecified atom stereocenters. The van der Waals surface area contributed by atoms with Crippen molar-refractivity contribution in [3.05, 3.63) is 76.8 Å². The zero-order chi connectivity index (χ0) is 18.1. The summed E-state index contributed by atoms with van der Waals surface area (Å²) in [5.41, 5.74) is 2.11. The number of carbonyl (C=O) groups excluding carboxylic acids is 2. The molecule has 0 saturated heterocycles. The minimum absolute atomic E-state index is 0.133. The molecule has 0 fully saturated rings. The van der Waals surface area contributed by atoms with Crippen molar-refractivity contribution < 1.29 is 9.59 Å². The fraction of sp³-hybridized carbons (Fsp3) is 0.158. The highest BCUT2D eigenvalue weighted by Crippen LogP contribution is 2.18. The Bertz CT molecular complexity index is 747. The number of rotatable bonds is 8. The van der Waals surface area contributed by atoms with E-state index in [-0.39, 0.29) is 11.8 Å². The Hall–Kier alpha value is -2.05. The molecule has 130 valence electrons. The smallest absolute Gasteiger partial charge is 0.253 e. The van der Waals surface area contributed by atoms with Crippen molar-refractivity contribution in [2.24, 2.45) is 0 Å². The third-order valence-electron chi connectivity index (χ3n) is 3.27. The first-order chi connectivity index (χ1) is 12.1. The van der Waals surface area contributed by atoms with Gasteiger partial charge in [0.15, 0.2) is 0 Å². The number of benzene rings is 2. The molecule has 0 aromatic heterocycles. The number of nitrogens with one attached hydrogen (secondary N) is 2. The predicted octanol–water partition coefficient (Wildman–Crippen LogP) is 4.24. The molecule has 2 amide bonds. The van der Waals surface area contributed by atoms with Crippen LogP contribution in [0.2, 0.25) is 0 Å². The number of halogens is 1. The molecule has 0 aliphatic heterocycles. The fourth-order valence-electron chi connectivity index (χ4n) is 2.08. The van der Waals surface area contributed by atoms with Crippen LogP contribution in [0.25, 0.3) is 0 Å². The first-order valence-corrected chi connectivity index (χ1v) is 9.65. The molecular formula is C19H19BrN2O2S. The lowest BCUT2D eigenvalue weighted by molar-refractivity contribution is -0.113. The summed E-state index contributed by atoms with van der Waals surface area (Å²) >= 11 is 4.93. The van der Waals surface area contributed by atoms with Crippen molar-refractivity contribution in [3.8, 4) is 0 Å². The number of anilines is 1. The van der Waals surface area contributed by atoms with E-state index < -0.39 is 0 Å². The van der Waals surface area contributed by atoms with Gasteiger partial charge in [0.1, 0.15) is 0 Å². The van der Waals surface area contributed by atoms with Gasteiger partial charge in [-0.05, 0) is 29.8 Å². The molecule has 0 aliphatic carbocycles. The first-order valence-electron chi connectivity index (χ1n) is 7.70. The van der Waals surface area contributed by atoms with Gasteiger partial charge in [-0.2, -0.15) is 0 Å². The topological polar surface area (TPSA) is 58.2 Å². The van der Waals surface area contributed by atoms with Crippen LogP contribution < -0.4 is 10.6 Å². The van der Waals surface area contributed by atoms with Gasteiger partial charge in [0, 0.05) is 16.8 Å². The van der Waals surface area contributed by atoms with Gasteiger partial charge in [0.25, 0.3) is 5.91 Å². The van der Waals surface area contributed by atoms with E-state index in [0.29, 0.717) is 23.5 Å². The highest BCUT2D eigenvalue weighted by atomic mass is 79.9. The Morgan fingerprint density at radius 3 is 2.56 bits per heavy atom. The van der Waals surface area contributed by atoms with Gasteiger partial charge in [-0.3, -0.25) is 9.59 Å². The maximum Gasteiger partial charge on any atom is 0.253 e. The van der Waals surface area contributed by atoms with E-state index in [0.717, 1.165) is 15.8 Å². The van der Waals surface area contributed by atoms with E-state index in [9.17, 15) is 9.59 Å². The molecule has 25 heavy (non-hydrogen) atoms. The highest BCUT2D eigenvalue weighted by molar-refractivity contribution is 9.10. The van der Waals surface area contributed by atoms with E-state index in [1.165, 1.54) is 11.8 Å². The van der Waals surface area contributed by atoms with Crippen LogP contribution in [-0.2, 0) is 10.5 Å². The van der Waals surface area contributed by atoms with Gasteiger partial charge < -0.3 is 10.6 Å². The average molecular weight is 419 g/mol. The minimum Gasteiger partial charge on any atom is -0.349 e. The second-order valence-corrected chi connectivity index (χ2v) is 7.11. The number of hydrogen-bond donors (Lipinski definition) is 2. The normalized spacial score (nSPS) is 10.1. The summed E-state index contributed by atoms with van der Waals surface area (Å²) in [5.74, 6) is 0.699. The molecule has 0 spiro atoms. The molecule has 0 saturated carbocycles. The molecule has 2 aromatic carbocycles. The zero-order valence-electron chi connectivity index (χ0n) is 13.6. The maximum absolute atomic E-state index is 12.2. The second kappa shape index (κ2) is 10.1. The zero-order valence-corrected chi connectivity index (χ0v) is 16.0. The van der Waals surface area contributed by atoms with Crippen molar-refractivity contribution in [1.82, 2.24) is 5.32 Å². The van der Waals surface area contributed by atoms with Gasteiger partial charge in [-0.1, -0.05) is 46.3 Å². The van der Waals surface area contributed by atoms with Gasteiger partial charge in [0.05, 0.1) is 17.0 Å². The summed E-state index contributed by atoms with van der Waals surface area (Å²) in [7, 11) is 0. The molecule has 0 aliphatic rings. The molecular weight excluding hydrogens is 400 g/mol. The van der Waals surface area contributed by atoms with Crippen LogP contribution in [0.15, 0.2) is 65.7 Å². The van der Waals surface area contributed by atoms with E-state index >= 15 is 0 Å². The van der Waals surface area contributed by atoms with E-state index in [2.05, 4.69) is 33.1 Å². The van der Waals surface area contributed by atoms with Gasteiger partial charge >= 0.3 is 0 Å². The monoisotopic (exact) mass is 418 g/mol. The Labute approximate surface area is 160 Å². The average Bonchev–Trinajstić information content (AvgIpc) is 2.62. The summed E-state index contributed by atoms with van der Waals surface area (Å²) in [6, 6.07) is 15.0. The molecule has 2 aromatic rings. The minimum atomic E-state index is -0.238. The Morgan fingerprint density at radius 2 is 1.84 bits per heavy atom. The highest BCUT2D eigenvalue weighted by Gasteiger charge is 2.12. The summed E-state index contributed by atoms with van der Waals surface area (Å²) in [4.78, 5) is 24.3. The molecule has 0 heterocycles. The Balaban J connectivity index is 1.88. The number of thioether (sulfide) groups is 1.